The molecule has 0 heterocycles. The van der Waals surface area contributed by atoms with E-state index in [9.17, 15) is 20.4 Å². The number of para-hydroxylation sites is 4. The summed E-state index contributed by atoms with van der Waals surface area (Å²) in [5.74, 6) is 0.587. The topological polar surface area (TPSA) is 335 Å². The fraction of sp³-hybridized carbons (Fsp3) is 0.300. The van der Waals surface area contributed by atoms with E-state index in [1.54, 1.807) is 97.7 Å². The van der Waals surface area contributed by atoms with Crippen molar-refractivity contribution in [1.29, 1.82) is 0 Å². The molecule has 0 spiro atoms. The van der Waals surface area contributed by atoms with Crippen molar-refractivity contribution in [3.8, 4) is 46.0 Å². The van der Waals surface area contributed by atoms with Crippen LogP contribution in [0.5, 0.6) is 46.0 Å². The van der Waals surface area contributed by atoms with Gasteiger partial charge in [0.1, 0.15) is 23.0 Å². The molecular weight excluding hydrogens is 994 g/mol. The summed E-state index contributed by atoms with van der Waals surface area (Å²) in [6.07, 6.45) is 6.24. The first-order valence-electron chi connectivity index (χ1n) is 18.2. The van der Waals surface area contributed by atoms with Crippen LogP contribution in [0.1, 0.15) is 22.3 Å². The first-order valence-corrected chi connectivity index (χ1v) is 18.2. The van der Waals surface area contributed by atoms with E-state index in [2.05, 4.69) is 30.6 Å². The van der Waals surface area contributed by atoms with Crippen molar-refractivity contribution in [2.45, 2.75) is 0 Å². The van der Waals surface area contributed by atoms with E-state index in [-0.39, 0.29) is 88.4 Å². The summed E-state index contributed by atoms with van der Waals surface area (Å²) in [7, 11) is 5.87. The second-order valence-electron chi connectivity index (χ2n) is 11.6. The molecule has 0 amide bonds. The Balaban J connectivity index is 0. The standard InChI is InChI=1S/2C20H25N3O4.2NO3.2Y/c2*1-26-17-7-3-5-15(19(17)24)13-22-11-9-21-10-12-23-14-16-6-4-8-18(27-2)20(16)25;2*2-1(3)4;;/h2*3-8,13-14,21,24-25H,9-12H2,1-2H3;;;;/q;;2*-1;2*+3/p-4. The van der Waals surface area contributed by atoms with Crippen molar-refractivity contribution in [3.63, 3.8) is 0 Å². The summed E-state index contributed by atoms with van der Waals surface area (Å²) >= 11 is 0. The molecule has 22 nitrogen and oxygen atoms in total. The molecule has 0 bridgehead atoms. The maximum Gasteiger partial charge on any atom is 3.00 e. The van der Waals surface area contributed by atoms with Crippen molar-refractivity contribution >= 4 is 24.9 Å². The Morgan fingerprint density at radius 2 is 0.625 bits per heavy atom. The van der Waals surface area contributed by atoms with Gasteiger partial charge in [0.05, 0.1) is 64.8 Å². The molecule has 0 aliphatic rings. The minimum atomic E-state index is -1.75. The van der Waals surface area contributed by atoms with Crippen molar-refractivity contribution in [3.05, 3.63) is 126 Å². The second-order valence-corrected chi connectivity index (χ2v) is 11.6. The van der Waals surface area contributed by atoms with Crippen molar-refractivity contribution in [1.82, 2.24) is 10.6 Å². The first-order chi connectivity index (χ1) is 29.8. The number of aliphatic imine (C=N–C) groups is 4. The zero-order valence-electron chi connectivity index (χ0n) is 35.4. The molecule has 4 aromatic carbocycles. The van der Waals surface area contributed by atoms with Gasteiger partial charge in [-0.15, -0.1) is 0 Å². The third kappa shape index (κ3) is 25.6. The molecule has 0 saturated carbocycles. The van der Waals surface area contributed by atoms with Crippen LogP contribution in [0.25, 0.3) is 0 Å². The van der Waals surface area contributed by atoms with Crippen LogP contribution in [0.2, 0.25) is 0 Å². The van der Waals surface area contributed by atoms with Crippen LogP contribution in [0.3, 0.4) is 0 Å². The average molecular weight is 1040 g/mol. The van der Waals surface area contributed by atoms with Gasteiger partial charge in [0.25, 0.3) is 0 Å². The molecule has 336 valence electrons. The molecule has 4 rings (SSSR count). The number of benzene rings is 4. The summed E-state index contributed by atoms with van der Waals surface area (Å²) in [6, 6.07) is 20.4. The fourth-order valence-corrected chi connectivity index (χ4v) is 4.66. The number of hydrogen-bond acceptors (Lipinski definition) is 20. The van der Waals surface area contributed by atoms with Crippen LogP contribution in [0, 0.1) is 30.6 Å². The van der Waals surface area contributed by atoms with E-state index in [1.807, 2.05) is 0 Å². The maximum absolute atomic E-state index is 11.9. The van der Waals surface area contributed by atoms with Crippen LogP contribution < -0.4 is 50.0 Å². The van der Waals surface area contributed by atoms with Crippen molar-refractivity contribution in [2.75, 3.05) is 80.8 Å². The third-order valence-corrected chi connectivity index (χ3v) is 7.51. The van der Waals surface area contributed by atoms with E-state index >= 15 is 0 Å². The Hall–Kier alpha value is -5.51. The zero-order valence-corrected chi connectivity index (χ0v) is 41.1. The number of rotatable bonds is 20. The molecule has 24 heteroatoms. The van der Waals surface area contributed by atoms with Gasteiger partial charge in [0.2, 0.25) is 0 Å². The quantitative estimate of drug-likeness (QED) is 0.0548. The normalized spacial score (nSPS) is 10.3. The number of nitrogens with one attached hydrogen (secondary N) is 2. The number of hydrogen-bond donors (Lipinski definition) is 2. The van der Waals surface area contributed by atoms with Crippen LogP contribution in [0.4, 0.5) is 0 Å². The third-order valence-electron chi connectivity index (χ3n) is 7.51. The Labute approximate surface area is 419 Å². The molecule has 64 heavy (non-hydrogen) atoms. The van der Waals surface area contributed by atoms with Gasteiger partial charge in [-0.05, 0) is 46.5 Å². The molecule has 0 radical (unpaired) electrons. The molecule has 0 atom stereocenters. The van der Waals surface area contributed by atoms with Crippen LogP contribution >= 0.6 is 0 Å². The monoisotopic (exact) mass is 1040 g/mol. The van der Waals surface area contributed by atoms with Gasteiger partial charge in [-0.2, -0.15) is 0 Å². The van der Waals surface area contributed by atoms with Crippen LogP contribution in [-0.4, -0.2) is 116 Å². The number of methoxy groups -OCH3 is 4. The van der Waals surface area contributed by atoms with E-state index in [0.717, 1.165) is 0 Å². The van der Waals surface area contributed by atoms with E-state index in [1.165, 1.54) is 28.4 Å². The predicted octanol–water partition coefficient (Wildman–Crippen LogP) is 1.47. The van der Waals surface area contributed by atoms with Crippen LogP contribution in [-0.2, 0) is 65.4 Å². The second kappa shape index (κ2) is 36.9. The maximum atomic E-state index is 11.9. The Kier molecular flexibility index (Phi) is 34.9. The zero-order chi connectivity index (χ0) is 46.1. The molecule has 0 fully saturated rings. The SMILES string of the molecule is COc1cccc(C=NCCNCCN=Cc2cccc(OC)c2[O-])c1[O-].COc1cccc(C=NCCNCCN=Cc2cccc(OC)c2[O-])c1[O-].O=[N+]([O-])[O-].O=[N+]([O-])[O-].[Y+3].[Y+3]. The van der Waals surface area contributed by atoms with Gasteiger partial charge >= 0.3 is 65.4 Å². The summed E-state index contributed by atoms with van der Waals surface area (Å²) < 4.78 is 20.0. The van der Waals surface area contributed by atoms with Gasteiger partial charge in [0, 0.05) is 51.0 Å². The molecule has 2 N–H and O–H groups in total. The minimum absolute atomic E-state index is 0. The number of ether oxygens (including phenoxy) is 4. The largest absolute Gasteiger partial charge is 3.00 e. The smallest absolute Gasteiger partial charge is 0.870 e. The molecule has 0 aliphatic carbocycles. The molecule has 0 unspecified atom stereocenters. The van der Waals surface area contributed by atoms with Crippen molar-refractivity contribution < 1.29 is 115 Å². The van der Waals surface area contributed by atoms with Gasteiger partial charge in [-0.25, -0.2) is 0 Å². The van der Waals surface area contributed by atoms with Gasteiger partial charge in [0.15, 0.2) is 0 Å². The first kappa shape index (κ1) is 60.6. The molecule has 0 saturated heterocycles. The Morgan fingerprint density at radius 3 is 0.797 bits per heavy atom. The van der Waals surface area contributed by atoms with Gasteiger partial charge in [-0.3, -0.25) is 20.0 Å². The summed E-state index contributed by atoms with van der Waals surface area (Å²) in [5.41, 5.74) is 2.02. The average Bonchev–Trinajstić information content (AvgIpc) is 3.24. The predicted molar refractivity (Wildman–Crippen MR) is 226 cm³/mol. The van der Waals surface area contributed by atoms with Gasteiger partial charge in [-0.1, -0.05) is 71.5 Å². The Morgan fingerprint density at radius 1 is 0.438 bits per heavy atom. The molecule has 0 aromatic heterocycles. The number of nitrogens with zero attached hydrogens (tertiary/aromatic N) is 6. The van der Waals surface area contributed by atoms with E-state index in [0.29, 0.717) is 97.6 Å². The van der Waals surface area contributed by atoms with Crippen molar-refractivity contribution in [2.24, 2.45) is 20.0 Å². The van der Waals surface area contributed by atoms with Gasteiger partial charge < -0.3 is 80.7 Å². The Bertz CT molecular complexity index is 1790. The fourth-order valence-electron chi connectivity index (χ4n) is 4.66. The molecule has 0 aliphatic heterocycles. The summed E-state index contributed by atoms with van der Waals surface area (Å²) in [4.78, 5) is 33.4. The van der Waals surface area contributed by atoms with Crippen LogP contribution in [0.15, 0.2) is 92.8 Å². The minimum Gasteiger partial charge on any atom is -0.870 e. The van der Waals surface area contributed by atoms with E-state index in [4.69, 9.17) is 49.6 Å². The summed E-state index contributed by atoms with van der Waals surface area (Å²) in [6.45, 7) is 4.82. The molecular formula is C40H46N8O14Y2. The molecule has 4 aromatic rings. The summed E-state index contributed by atoms with van der Waals surface area (Å²) in [5, 5.41) is 83.7. The van der Waals surface area contributed by atoms with E-state index < -0.39 is 10.2 Å².